The zero-order valence-electron chi connectivity index (χ0n) is 13.0. The summed E-state index contributed by atoms with van der Waals surface area (Å²) in [6, 6.07) is 3.90. The zero-order chi connectivity index (χ0) is 15.5. The number of hydrogen-bond donors (Lipinski definition) is 1. The Morgan fingerprint density at radius 3 is 2.50 bits per heavy atom. The van der Waals surface area contributed by atoms with E-state index in [9.17, 15) is 12.8 Å². The Balaban J connectivity index is 0.00000242. The second-order valence-electron chi connectivity index (χ2n) is 5.51. The molecule has 0 bridgehead atoms. The Hall–Kier alpha value is -0.690. The van der Waals surface area contributed by atoms with Crippen molar-refractivity contribution in [3.05, 3.63) is 29.6 Å². The summed E-state index contributed by atoms with van der Waals surface area (Å²) in [4.78, 5) is 0.218. The molecule has 0 atom stereocenters. The maximum absolute atomic E-state index is 13.2. The van der Waals surface area contributed by atoms with Crippen molar-refractivity contribution in [1.29, 1.82) is 0 Å². The van der Waals surface area contributed by atoms with Crippen molar-refractivity contribution in [2.24, 2.45) is 0 Å². The number of nitrogens with one attached hydrogen (secondary N) is 1. The first-order valence-corrected chi connectivity index (χ1v) is 8.89. The van der Waals surface area contributed by atoms with Crippen LogP contribution in [0, 0.1) is 12.7 Å². The van der Waals surface area contributed by atoms with Crippen molar-refractivity contribution in [2.75, 3.05) is 19.6 Å². The molecule has 1 N–H and O–H groups in total. The van der Waals surface area contributed by atoms with Crippen molar-refractivity contribution in [3.63, 3.8) is 0 Å². The topological polar surface area (TPSA) is 49.4 Å². The van der Waals surface area contributed by atoms with E-state index in [1.165, 1.54) is 18.2 Å². The Morgan fingerprint density at radius 2 is 1.95 bits per heavy atom. The standard InChI is InChI=1S/C15H23FN2O2S.ClH/c1-3-10-18(14-6-8-17-9-7-14)21(19,20)15-5-4-13(16)11-12(15)2;/h4-5,11,14,17H,3,6-10H2,1-2H3;1H. The molecular weight excluding hydrogens is 327 g/mol. The molecular formula is C15H24ClFN2O2S. The zero-order valence-corrected chi connectivity index (χ0v) is 14.6. The van der Waals surface area contributed by atoms with Gasteiger partial charge < -0.3 is 5.32 Å². The predicted molar refractivity (Wildman–Crippen MR) is 88.5 cm³/mol. The third-order valence-corrected chi connectivity index (χ3v) is 6.00. The molecule has 0 saturated carbocycles. The summed E-state index contributed by atoms with van der Waals surface area (Å²) in [5.74, 6) is -0.407. The smallest absolute Gasteiger partial charge is 0.243 e. The van der Waals surface area contributed by atoms with Gasteiger partial charge >= 0.3 is 0 Å². The van der Waals surface area contributed by atoms with Crippen LogP contribution < -0.4 is 5.32 Å². The Labute approximate surface area is 138 Å². The fourth-order valence-corrected chi connectivity index (χ4v) is 4.83. The molecule has 0 spiro atoms. The molecule has 0 aromatic heterocycles. The molecule has 1 aliphatic rings. The van der Waals surface area contributed by atoms with E-state index in [2.05, 4.69) is 5.32 Å². The highest BCUT2D eigenvalue weighted by atomic mass is 35.5. The van der Waals surface area contributed by atoms with Gasteiger partial charge in [0, 0.05) is 12.6 Å². The lowest BCUT2D eigenvalue weighted by atomic mass is 10.1. The van der Waals surface area contributed by atoms with Gasteiger partial charge in [-0.05, 0) is 63.0 Å². The van der Waals surface area contributed by atoms with E-state index in [4.69, 9.17) is 0 Å². The van der Waals surface area contributed by atoms with Crippen LogP contribution in [0.4, 0.5) is 4.39 Å². The van der Waals surface area contributed by atoms with Crippen LogP contribution in [0.5, 0.6) is 0 Å². The minimum atomic E-state index is -3.57. The summed E-state index contributed by atoms with van der Waals surface area (Å²) in [7, 11) is -3.57. The number of hydrogen-bond acceptors (Lipinski definition) is 3. The minimum absolute atomic E-state index is 0. The summed E-state index contributed by atoms with van der Waals surface area (Å²) in [5, 5.41) is 3.25. The molecule has 1 aromatic rings. The number of rotatable bonds is 5. The average Bonchev–Trinajstić information content (AvgIpc) is 2.45. The largest absolute Gasteiger partial charge is 0.317 e. The second kappa shape index (κ2) is 8.24. The Kier molecular flexibility index (Phi) is 7.25. The predicted octanol–water partition coefficient (Wildman–Crippen LogP) is 2.71. The minimum Gasteiger partial charge on any atom is -0.317 e. The lowest BCUT2D eigenvalue weighted by Gasteiger charge is -2.33. The van der Waals surface area contributed by atoms with Crippen LogP contribution >= 0.6 is 12.4 Å². The summed E-state index contributed by atoms with van der Waals surface area (Å²) in [6.45, 7) is 5.79. The van der Waals surface area contributed by atoms with Gasteiger partial charge in [-0.15, -0.1) is 12.4 Å². The monoisotopic (exact) mass is 350 g/mol. The Morgan fingerprint density at radius 1 is 1.32 bits per heavy atom. The first kappa shape index (κ1) is 19.4. The van der Waals surface area contributed by atoms with E-state index in [0.29, 0.717) is 12.1 Å². The molecule has 2 rings (SSSR count). The van der Waals surface area contributed by atoms with Crippen molar-refractivity contribution in [1.82, 2.24) is 9.62 Å². The molecule has 1 fully saturated rings. The maximum atomic E-state index is 13.2. The summed E-state index contributed by atoms with van der Waals surface area (Å²) in [6.07, 6.45) is 2.41. The van der Waals surface area contributed by atoms with Gasteiger partial charge in [0.2, 0.25) is 10.0 Å². The van der Waals surface area contributed by atoms with Gasteiger partial charge in [0.1, 0.15) is 5.82 Å². The van der Waals surface area contributed by atoms with Gasteiger partial charge in [0.15, 0.2) is 0 Å². The molecule has 126 valence electrons. The van der Waals surface area contributed by atoms with Crippen LogP contribution in [0.25, 0.3) is 0 Å². The quantitative estimate of drug-likeness (QED) is 0.888. The van der Waals surface area contributed by atoms with E-state index in [0.717, 1.165) is 32.4 Å². The van der Waals surface area contributed by atoms with E-state index in [1.807, 2.05) is 6.92 Å². The molecule has 7 heteroatoms. The first-order valence-electron chi connectivity index (χ1n) is 7.45. The number of piperidine rings is 1. The summed E-state index contributed by atoms with van der Waals surface area (Å²) in [5.41, 5.74) is 0.463. The van der Waals surface area contributed by atoms with Gasteiger partial charge in [0.05, 0.1) is 4.90 Å². The van der Waals surface area contributed by atoms with Crippen molar-refractivity contribution in [3.8, 4) is 0 Å². The first-order chi connectivity index (χ1) is 9.96. The van der Waals surface area contributed by atoms with Gasteiger partial charge in [-0.2, -0.15) is 4.31 Å². The van der Waals surface area contributed by atoms with Crippen LogP contribution in [0.3, 0.4) is 0 Å². The highest BCUT2D eigenvalue weighted by Gasteiger charge is 2.32. The molecule has 0 aliphatic carbocycles. The SMILES string of the molecule is CCCN(C1CCNCC1)S(=O)(=O)c1ccc(F)cc1C.Cl. The molecule has 1 aliphatic heterocycles. The summed E-state index contributed by atoms with van der Waals surface area (Å²) >= 11 is 0. The fourth-order valence-electron chi connectivity index (χ4n) is 2.84. The van der Waals surface area contributed by atoms with E-state index in [1.54, 1.807) is 11.2 Å². The number of aryl methyl sites for hydroxylation is 1. The van der Waals surface area contributed by atoms with E-state index in [-0.39, 0.29) is 23.3 Å². The molecule has 1 aromatic carbocycles. The van der Waals surface area contributed by atoms with Gasteiger partial charge in [-0.25, -0.2) is 12.8 Å². The van der Waals surface area contributed by atoms with E-state index >= 15 is 0 Å². The molecule has 1 heterocycles. The van der Waals surface area contributed by atoms with Crippen LogP contribution in [0.2, 0.25) is 0 Å². The Bertz CT molecular complexity index is 589. The third kappa shape index (κ3) is 4.19. The molecule has 1 saturated heterocycles. The molecule has 4 nitrogen and oxygen atoms in total. The average molecular weight is 351 g/mol. The lowest BCUT2D eigenvalue weighted by Crippen LogP contribution is -2.46. The highest BCUT2D eigenvalue weighted by Crippen LogP contribution is 2.25. The molecule has 0 radical (unpaired) electrons. The van der Waals surface area contributed by atoms with Crippen LogP contribution in [0.1, 0.15) is 31.7 Å². The van der Waals surface area contributed by atoms with Gasteiger partial charge in [-0.3, -0.25) is 0 Å². The fraction of sp³-hybridized carbons (Fsp3) is 0.600. The number of nitrogens with zero attached hydrogens (tertiary/aromatic N) is 1. The second-order valence-corrected chi connectivity index (χ2v) is 7.37. The highest BCUT2D eigenvalue weighted by molar-refractivity contribution is 7.89. The van der Waals surface area contributed by atoms with Crippen molar-refractivity contribution < 1.29 is 12.8 Å². The van der Waals surface area contributed by atoms with Crippen LogP contribution in [0.15, 0.2) is 23.1 Å². The molecule has 0 unspecified atom stereocenters. The number of halogens is 2. The number of sulfonamides is 1. The van der Waals surface area contributed by atoms with E-state index < -0.39 is 15.8 Å². The molecule has 0 amide bonds. The third-order valence-electron chi connectivity index (χ3n) is 3.88. The van der Waals surface area contributed by atoms with Crippen LogP contribution in [-0.2, 0) is 10.0 Å². The van der Waals surface area contributed by atoms with Crippen molar-refractivity contribution in [2.45, 2.75) is 44.0 Å². The maximum Gasteiger partial charge on any atom is 0.243 e. The normalized spacial score (nSPS) is 16.5. The molecule has 22 heavy (non-hydrogen) atoms. The lowest BCUT2D eigenvalue weighted by molar-refractivity contribution is 0.262. The van der Waals surface area contributed by atoms with Gasteiger partial charge in [0.25, 0.3) is 0 Å². The van der Waals surface area contributed by atoms with Crippen LogP contribution in [-0.4, -0.2) is 38.4 Å². The van der Waals surface area contributed by atoms with Crippen molar-refractivity contribution >= 4 is 22.4 Å². The summed E-state index contributed by atoms with van der Waals surface area (Å²) < 4.78 is 40.7. The van der Waals surface area contributed by atoms with Gasteiger partial charge in [-0.1, -0.05) is 6.92 Å². The number of benzene rings is 1.